The van der Waals surface area contributed by atoms with Crippen molar-refractivity contribution in [2.24, 2.45) is 5.73 Å². The number of hydrogen-bond acceptors (Lipinski definition) is 3. The molecule has 0 amide bonds. The van der Waals surface area contributed by atoms with Crippen LogP contribution in [0.4, 0.5) is 0 Å². The highest BCUT2D eigenvalue weighted by Crippen LogP contribution is 2.44. The number of thiazole rings is 1. The van der Waals surface area contributed by atoms with Crippen molar-refractivity contribution in [1.29, 1.82) is 0 Å². The van der Waals surface area contributed by atoms with Crippen molar-refractivity contribution in [1.82, 2.24) is 4.98 Å². The van der Waals surface area contributed by atoms with E-state index in [2.05, 4.69) is 43.1 Å². The standard InChI is InChI=1S/C14H16N2S/c1-14(2)7-11-13(16-12(8-15)17-11)9-5-3-4-6-10(9)14/h3-6H,7-8,15H2,1-2H3. The van der Waals surface area contributed by atoms with Crippen LogP contribution in [-0.2, 0) is 18.4 Å². The predicted octanol–water partition coefficient (Wildman–Crippen LogP) is 3.10. The molecule has 3 rings (SSSR count). The number of rotatable bonds is 1. The van der Waals surface area contributed by atoms with Gasteiger partial charge in [-0.3, -0.25) is 0 Å². The molecule has 0 saturated heterocycles. The normalized spacial score (nSPS) is 16.4. The van der Waals surface area contributed by atoms with E-state index < -0.39 is 0 Å². The van der Waals surface area contributed by atoms with Crippen molar-refractivity contribution in [3.8, 4) is 11.3 Å². The zero-order valence-corrected chi connectivity index (χ0v) is 11.0. The van der Waals surface area contributed by atoms with E-state index in [4.69, 9.17) is 5.73 Å². The lowest BCUT2D eigenvalue weighted by atomic mass is 9.74. The Kier molecular flexibility index (Phi) is 2.35. The first-order valence-corrected chi connectivity index (χ1v) is 6.72. The van der Waals surface area contributed by atoms with Crippen molar-refractivity contribution in [3.63, 3.8) is 0 Å². The van der Waals surface area contributed by atoms with Crippen LogP contribution >= 0.6 is 11.3 Å². The summed E-state index contributed by atoms with van der Waals surface area (Å²) in [4.78, 5) is 6.05. The Labute approximate surface area is 106 Å². The molecule has 2 nitrogen and oxygen atoms in total. The molecule has 3 heteroatoms. The van der Waals surface area contributed by atoms with Crippen LogP contribution in [0.25, 0.3) is 11.3 Å². The molecule has 1 aliphatic rings. The van der Waals surface area contributed by atoms with Crippen LogP contribution in [0.2, 0.25) is 0 Å². The molecule has 2 aromatic rings. The van der Waals surface area contributed by atoms with Crippen LogP contribution in [0.5, 0.6) is 0 Å². The maximum atomic E-state index is 5.70. The fourth-order valence-corrected chi connectivity index (χ4v) is 3.78. The van der Waals surface area contributed by atoms with Crippen molar-refractivity contribution in [3.05, 3.63) is 39.7 Å². The number of benzene rings is 1. The molecule has 0 aliphatic heterocycles. The average Bonchev–Trinajstić information content (AvgIpc) is 2.71. The Morgan fingerprint density at radius 2 is 2.12 bits per heavy atom. The average molecular weight is 244 g/mol. The van der Waals surface area contributed by atoms with Crippen LogP contribution in [0.3, 0.4) is 0 Å². The summed E-state index contributed by atoms with van der Waals surface area (Å²) in [6, 6.07) is 8.60. The third kappa shape index (κ3) is 1.61. The molecule has 17 heavy (non-hydrogen) atoms. The van der Waals surface area contributed by atoms with Gasteiger partial charge in [-0.05, 0) is 17.4 Å². The van der Waals surface area contributed by atoms with Crippen LogP contribution in [0.15, 0.2) is 24.3 Å². The highest BCUT2D eigenvalue weighted by molar-refractivity contribution is 7.12. The Hall–Kier alpha value is -1.19. The molecule has 1 aromatic heterocycles. The monoisotopic (exact) mass is 244 g/mol. The number of hydrogen-bond donors (Lipinski definition) is 1. The summed E-state index contributed by atoms with van der Waals surface area (Å²) in [5.41, 5.74) is 9.74. The molecule has 1 aliphatic carbocycles. The zero-order chi connectivity index (χ0) is 12.0. The molecule has 0 atom stereocenters. The van der Waals surface area contributed by atoms with Crippen LogP contribution in [0, 0.1) is 0 Å². The van der Waals surface area contributed by atoms with E-state index in [9.17, 15) is 0 Å². The molecular weight excluding hydrogens is 228 g/mol. The topological polar surface area (TPSA) is 38.9 Å². The SMILES string of the molecule is CC1(C)Cc2sc(CN)nc2-c2ccccc21. The number of fused-ring (bicyclic) bond motifs is 3. The first-order valence-electron chi connectivity index (χ1n) is 5.90. The van der Waals surface area contributed by atoms with Crippen molar-refractivity contribution in [2.75, 3.05) is 0 Å². The molecule has 0 bridgehead atoms. The number of nitrogens with zero attached hydrogens (tertiary/aromatic N) is 1. The molecule has 0 unspecified atom stereocenters. The van der Waals surface area contributed by atoms with Gasteiger partial charge in [-0.1, -0.05) is 38.1 Å². The van der Waals surface area contributed by atoms with Gasteiger partial charge < -0.3 is 5.73 Å². The van der Waals surface area contributed by atoms with Gasteiger partial charge in [-0.15, -0.1) is 11.3 Å². The Morgan fingerprint density at radius 3 is 2.88 bits per heavy atom. The van der Waals surface area contributed by atoms with Crippen LogP contribution in [-0.4, -0.2) is 4.98 Å². The van der Waals surface area contributed by atoms with E-state index in [0.717, 1.165) is 17.1 Å². The van der Waals surface area contributed by atoms with Crippen molar-refractivity contribution >= 4 is 11.3 Å². The predicted molar refractivity (Wildman–Crippen MR) is 72.2 cm³/mol. The maximum absolute atomic E-state index is 5.70. The van der Waals surface area contributed by atoms with Crippen molar-refractivity contribution < 1.29 is 0 Å². The summed E-state index contributed by atoms with van der Waals surface area (Å²) in [5.74, 6) is 0. The molecule has 88 valence electrons. The van der Waals surface area contributed by atoms with E-state index in [-0.39, 0.29) is 5.41 Å². The summed E-state index contributed by atoms with van der Waals surface area (Å²) < 4.78 is 0. The molecule has 0 saturated carbocycles. The summed E-state index contributed by atoms with van der Waals surface area (Å²) in [5, 5.41) is 1.04. The minimum Gasteiger partial charge on any atom is -0.325 e. The van der Waals surface area contributed by atoms with Crippen LogP contribution in [0.1, 0.15) is 29.3 Å². The molecule has 0 fully saturated rings. The minimum absolute atomic E-state index is 0.196. The van der Waals surface area contributed by atoms with Crippen molar-refractivity contribution in [2.45, 2.75) is 32.2 Å². The van der Waals surface area contributed by atoms with Crippen LogP contribution < -0.4 is 5.73 Å². The largest absolute Gasteiger partial charge is 0.325 e. The Morgan fingerprint density at radius 1 is 1.35 bits per heavy atom. The van der Waals surface area contributed by atoms with Gasteiger partial charge in [-0.2, -0.15) is 0 Å². The molecule has 2 N–H and O–H groups in total. The van der Waals surface area contributed by atoms with E-state index in [1.165, 1.54) is 16.0 Å². The third-order valence-electron chi connectivity index (χ3n) is 3.43. The van der Waals surface area contributed by atoms with Gasteiger partial charge in [0.2, 0.25) is 0 Å². The van der Waals surface area contributed by atoms with Gasteiger partial charge in [0.15, 0.2) is 0 Å². The molecule has 0 radical (unpaired) electrons. The summed E-state index contributed by atoms with van der Waals surface area (Å²) in [6.45, 7) is 5.15. The molecular formula is C14H16N2S. The Bertz CT molecular complexity index is 569. The zero-order valence-electron chi connectivity index (χ0n) is 10.2. The van der Waals surface area contributed by atoms with E-state index in [0.29, 0.717) is 6.54 Å². The first-order chi connectivity index (χ1) is 8.12. The van der Waals surface area contributed by atoms with E-state index >= 15 is 0 Å². The van der Waals surface area contributed by atoms with Gasteiger partial charge in [0.05, 0.1) is 5.69 Å². The van der Waals surface area contributed by atoms with E-state index in [1.54, 1.807) is 11.3 Å². The van der Waals surface area contributed by atoms with Gasteiger partial charge in [-0.25, -0.2) is 4.98 Å². The van der Waals surface area contributed by atoms with Gasteiger partial charge >= 0.3 is 0 Å². The lowest BCUT2D eigenvalue weighted by Crippen LogP contribution is -2.24. The molecule has 0 spiro atoms. The Balaban J connectivity index is 2.26. The maximum Gasteiger partial charge on any atom is 0.107 e. The van der Waals surface area contributed by atoms with Gasteiger partial charge in [0.1, 0.15) is 5.01 Å². The summed E-state index contributed by atoms with van der Waals surface area (Å²) in [7, 11) is 0. The second-order valence-corrected chi connectivity index (χ2v) is 6.36. The van der Waals surface area contributed by atoms with E-state index in [1.807, 2.05) is 0 Å². The summed E-state index contributed by atoms with van der Waals surface area (Å²) >= 11 is 1.77. The highest BCUT2D eigenvalue weighted by atomic mass is 32.1. The van der Waals surface area contributed by atoms with Gasteiger partial charge in [0.25, 0.3) is 0 Å². The quantitative estimate of drug-likeness (QED) is 0.837. The third-order valence-corrected chi connectivity index (χ3v) is 4.51. The molecule has 1 heterocycles. The molecule has 1 aromatic carbocycles. The second kappa shape index (κ2) is 3.65. The highest BCUT2D eigenvalue weighted by Gasteiger charge is 2.32. The number of aromatic nitrogens is 1. The fourth-order valence-electron chi connectivity index (χ4n) is 2.59. The lowest BCUT2D eigenvalue weighted by Gasteiger charge is -2.31. The first kappa shape index (κ1) is 10.9. The fraction of sp³-hybridized carbons (Fsp3) is 0.357. The summed E-state index contributed by atoms with van der Waals surface area (Å²) in [6.07, 6.45) is 1.07. The smallest absolute Gasteiger partial charge is 0.107 e. The lowest BCUT2D eigenvalue weighted by molar-refractivity contribution is 0.521. The second-order valence-electron chi connectivity index (χ2n) is 5.19. The van der Waals surface area contributed by atoms with Gasteiger partial charge in [0, 0.05) is 17.0 Å². The number of nitrogens with two attached hydrogens (primary N) is 1. The minimum atomic E-state index is 0.196.